The molecule has 9 nitrogen and oxygen atoms in total. The van der Waals surface area contributed by atoms with Crippen LogP contribution in [0.4, 0.5) is 5.69 Å². The van der Waals surface area contributed by atoms with Gasteiger partial charge >= 0.3 is 0 Å². The minimum absolute atomic E-state index is 0. The van der Waals surface area contributed by atoms with Crippen LogP contribution >= 0.6 is 24.0 Å². The average Bonchev–Trinajstić information content (AvgIpc) is 2.72. The second-order valence-corrected chi connectivity index (χ2v) is 7.20. The van der Waals surface area contributed by atoms with Gasteiger partial charge in [-0.3, -0.25) is 15.1 Å². The zero-order valence-corrected chi connectivity index (χ0v) is 20.1. The molecule has 1 saturated heterocycles. The van der Waals surface area contributed by atoms with Crippen molar-refractivity contribution < 1.29 is 14.8 Å². The fourth-order valence-corrected chi connectivity index (χ4v) is 3.24. The van der Waals surface area contributed by atoms with E-state index in [1.54, 1.807) is 0 Å². The Balaban J connectivity index is 0.00000450. The van der Waals surface area contributed by atoms with Crippen LogP contribution in [0.3, 0.4) is 0 Å². The number of benzene rings is 1. The Hall–Kier alpha value is -1.66. The number of piperidine rings is 1. The van der Waals surface area contributed by atoms with E-state index in [-0.39, 0.29) is 42.8 Å². The lowest BCUT2D eigenvalue weighted by atomic mass is 10.1. The highest BCUT2D eigenvalue weighted by Crippen LogP contribution is 2.17. The topological polar surface area (TPSA) is 112 Å². The van der Waals surface area contributed by atoms with E-state index in [2.05, 4.69) is 27.4 Å². The van der Waals surface area contributed by atoms with E-state index >= 15 is 0 Å². The minimum atomic E-state index is -0.771. The lowest BCUT2D eigenvalue weighted by molar-refractivity contribution is -0.384. The molecule has 30 heavy (non-hydrogen) atoms. The molecule has 0 aromatic heterocycles. The van der Waals surface area contributed by atoms with Gasteiger partial charge in [-0.25, -0.2) is 0 Å². The first-order chi connectivity index (χ1) is 14.0. The average molecular weight is 535 g/mol. The van der Waals surface area contributed by atoms with Gasteiger partial charge in [-0.05, 0) is 44.9 Å². The number of nitrogens with one attached hydrogen (secondary N) is 2. The molecular formula is C20H34IN5O4. The van der Waals surface area contributed by atoms with Crippen LogP contribution in [0.1, 0.15) is 33.1 Å². The maximum Gasteiger partial charge on any atom is 0.269 e. The molecule has 170 valence electrons. The van der Waals surface area contributed by atoms with Gasteiger partial charge < -0.3 is 25.4 Å². The Morgan fingerprint density at radius 1 is 1.33 bits per heavy atom. The molecule has 1 aliphatic heterocycles. The lowest BCUT2D eigenvalue weighted by Crippen LogP contribution is -2.49. The van der Waals surface area contributed by atoms with Crippen molar-refractivity contribution in [3.8, 4) is 5.75 Å². The monoisotopic (exact) mass is 535 g/mol. The number of aliphatic imine (C=N–C) groups is 1. The highest BCUT2D eigenvalue weighted by atomic mass is 127. The molecule has 0 radical (unpaired) electrons. The second kappa shape index (κ2) is 14.4. The number of non-ortho nitro benzene ring substituents is 1. The third kappa shape index (κ3) is 9.43. The van der Waals surface area contributed by atoms with Gasteiger partial charge in [-0.2, -0.15) is 0 Å². The summed E-state index contributed by atoms with van der Waals surface area (Å²) in [5.41, 5.74) is 0.00406. The first kappa shape index (κ1) is 26.4. The molecule has 0 aliphatic carbocycles. The van der Waals surface area contributed by atoms with Gasteiger partial charge in [0.1, 0.15) is 18.5 Å². The van der Waals surface area contributed by atoms with Crippen LogP contribution in [0.15, 0.2) is 29.3 Å². The van der Waals surface area contributed by atoms with Crippen LogP contribution in [0, 0.1) is 10.1 Å². The first-order valence-corrected chi connectivity index (χ1v) is 10.3. The smallest absolute Gasteiger partial charge is 0.269 e. The quantitative estimate of drug-likeness (QED) is 0.139. The summed E-state index contributed by atoms with van der Waals surface area (Å²) < 4.78 is 5.49. The number of hydrogen-bond acceptors (Lipinski definition) is 6. The van der Waals surface area contributed by atoms with Crippen LogP contribution in [0.5, 0.6) is 5.75 Å². The van der Waals surface area contributed by atoms with E-state index in [1.165, 1.54) is 30.7 Å². The fraction of sp³-hybridized carbons (Fsp3) is 0.650. The maximum atomic E-state index is 10.7. The van der Waals surface area contributed by atoms with E-state index in [9.17, 15) is 15.2 Å². The van der Waals surface area contributed by atoms with Gasteiger partial charge in [0.05, 0.1) is 11.5 Å². The summed E-state index contributed by atoms with van der Waals surface area (Å²) in [6.07, 6.45) is 2.57. The summed E-state index contributed by atoms with van der Waals surface area (Å²) in [6, 6.07) is 6.17. The van der Waals surface area contributed by atoms with E-state index in [4.69, 9.17) is 4.74 Å². The molecule has 1 aromatic carbocycles. The number of ether oxygens (including phenoxy) is 1. The highest BCUT2D eigenvalue weighted by molar-refractivity contribution is 14.0. The Morgan fingerprint density at radius 2 is 2.00 bits per heavy atom. The summed E-state index contributed by atoms with van der Waals surface area (Å²) in [6.45, 7) is 8.57. The standard InChI is InChI=1S/C20H33N5O4.HI/c1-3-11-24-12-9-16(10-13-24)23-20(21-4-2)22-14-18(26)15-29-19-7-5-17(6-8-19)25(27)28;/h5-8,16,18,26H,3-4,9-15H2,1-2H3,(H2,21,22,23);1H. The van der Waals surface area contributed by atoms with Crippen molar-refractivity contribution in [2.75, 3.05) is 39.3 Å². The number of guanidine groups is 1. The van der Waals surface area contributed by atoms with Gasteiger partial charge in [0.25, 0.3) is 5.69 Å². The highest BCUT2D eigenvalue weighted by Gasteiger charge is 2.19. The molecule has 10 heteroatoms. The zero-order valence-electron chi connectivity index (χ0n) is 17.7. The fourth-order valence-electron chi connectivity index (χ4n) is 3.24. The molecule has 0 spiro atoms. The molecule has 1 heterocycles. The Labute approximate surface area is 195 Å². The molecule has 0 saturated carbocycles. The minimum Gasteiger partial charge on any atom is -0.491 e. The van der Waals surface area contributed by atoms with Crippen LogP contribution < -0.4 is 15.4 Å². The SMILES string of the molecule is CCCN1CCC(NC(=NCC(O)COc2ccc([N+](=O)[O-])cc2)NCC)CC1.I. The largest absolute Gasteiger partial charge is 0.491 e. The number of rotatable bonds is 10. The third-order valence-corrected chi connectivity index (χ3v) is 4.76. The van der Waals surface area contributed by atoms with Crippen molar-refractivity contribution in [1.29, 1.82) is 0 Å². The van der Waals surface area contributed by atoms with Crippen molar-refractivity contribution in [2.45, 2.75) is 45.3 Å². The van der Waals surface area contributed by atoms with Crippen molar-refractivity contribution in [3.05, 3.63) is 34.4 Å². The summed E-state index contributed by atoms with van der Waals surface area (Å²) in [7, 11) is 0. The van der Waals surface area contributed by atoms with Crippen LogP contribution in [0.25, 0.3) is 0 Å². The van der Waals surface area contributed by atoms with Gasteiger partial charge in [-0.1, -0.05) is 6.92 Å². The maximum absolute atomic E-state index is 10.7. The predicted octanol–water partition coefficient (Wildman–Crippen LogP) is 2.38. The van der Waals surface area contributed by atoms with E-state index < -0.39 is 11.0 Å². The van der Waals surface area contributed by atoms with Crippen molar-refractivity contribution in [1.82, 2.24) is 15.5 Å². The molecule has 1 aliphatic rings. The Bertz CT molecular complexity index is 651. The van der Waals surface area contributed by atoms with Crippen LogP contribution in [0.2, 0.25) is 0 Å². The van der Waals surface area contributed by atoms with Crippen molar-refractivity contribution in [2.24, 2.45) is 4.99 Å². The van der Waals surface area contributed by atoms with Gasteiger partial charge in [0, 0.05) is 37.8 Å². The number of nitro benzene ring substituents is 1. The summed E-state index contributed by atoms with van der Waals surface area (Å²) in [5, 5.41) is 27.5. The van der Waals surface area contributed by atoms with E-state index in [1.807, 2.05) is 6.92 Å². The Kier molecular flexibility index (Phi) is 12.6. The number of nitrogens with zero attached hydrogens (tertiary/aromatic N) is 3. The zero-order chi connectivity index (χ0) is 21.1. The number of likely N-dealkylation sites (tertiary alicyclic amines) is 1. The molecular weight excluding hydrogens is 501 g/mol. The Morgan fingerprint density at radius 3 is 2.57 bits per heavy atom. The number of aliphatic hydroxyl groups is 1. The molecule has 3 N–H and O–H groups in total. The number of aliphatic hydroxyl groups excluding tert-OH is 1. The number of hydrogen-bond donors (Lipinski definition) is 3. The summed E-state index contributed by atoms with van der Waals surface area (Å²) in [4.78, 5) is 17.2. The van der Waals surface area contributed by atoms with Crippen molar-refractivity contribution in [3.63, 3.8) is 0 Å². The van der Waals surface area contributed by atoms with Gasteiger partial charge in [0.2, 0.25) is 0 Å². The first-order valence-electron chi connectivity index (χ1n) is 10.3. The molecule has 1 fully saturated rings. The van der Waals surface area contributed by atoms with E-state index in [0.717, 1.165) is 39.0 Å². The predicted molar refractivity (Wildman–Crippen MR) is 129 cm³/mol. The lowest BCUT2D eigenvalue weighted by Gasteiger charge is -2.32. The molecule has 0 amide bonds. The van der Waals surface area contributed by atoms with Crippen LogP contribution in [-0.2, 0) is 0 Å². The molecule has 1 atom stereocenters. The molecule has 1 unspecified atom stereocenters. The number of halogens is 1. The third-order valence-electron chi connectivity index (χ3n) is 4.76. The second-order valence-electron chi connectivity index (χ2n) is 7.20. The molecule has 2 rings (SSSR count). The number of nitro groups is 1. The summed E-state index contributed by atoms with van der Waals surface area (Å²) in [5.74, 6) is 1.18. The van der Waals surface area contributed by atoms with Gasteiger partial charge in [0.15, 0.2) is 5.96 Å². The van der Waals surface area contributed by atoms with E-state index in [0.29, 0.717) is 17.8 Å². The molecule has 1 aromatic rings. The summed E-state index contributed by atoms with van der Waals surface area (Å²) >= 11 is 0. The van der Waals surface area contributed by atoms with Crippen molar-refractivity contribution >= 4 is 35.6 Å². The molecule has 0 bridgehead atoms. The van der Waals surface area contributed by atoms with Gasteiger partial charge in [-0.15, -0.1) is 24.0 Å². The van der Waals surface area contributed by atoms with Crippen LogP contribution in [-0.4, -0.2) is 72.4 Å². The normalized spacial score (nSPS) is 16.4.